The van der Waals surface area contributed by atoms with Crippen molar-refractivity contribution in [2.75, 3.05) is 18.5 Å². The van der Waals surface area contributed by atoms with E-state index in [1.54, 1.807) is 18.2 Å². The van der Waals surface area contributed by atoms with Gasteiger partial charge in [0.25, 0.3) is 0 Å². The number of aliphatic carboxylic acids is 1. The summed E-state index contributed by atoms with van der Waals surface area (Å²) in [6, 6.07) is 3.75. The molecule has 0 saturated carbocycles. The van der Waals surface area contributed by atoms with Crippen molar-refractivity contribution in [1.82, 2.24) is 0 Å². The summed E-state index contributed by atoms with van der Waals surface area (Å²) in [7, 11) is 0. The summed E-state index contributed by atoms with van der Waals surface area (Å²) in [5, 5.41) is 11.2. The van der Waals surface area contributed by atoms with Crippen LogP contribution in [0.3, 0.4) is 0 Å². The Morgan fingerprint density at radius 3 is 2.68 bits per heavy atom. The van der Waals surface area contributed by atoms with E-state index in [0.717, 1.165) is 0 Å². The quantitative estimate of drug-likeness (QED) is 0.717. The molecule has 7 heteroatoms. The van der Waals surface area contributed by atoms with Crippen LogP contribution in [0, 0.1) is 0 Å². The molecule has 2 rings (SSSR count). The van der Waals surface area contributed by atoms with Crippen molar-refractivity contribution < 1.29 is 24.2 Å². The number of nitrogens with two attached hydrogens (primary N) is 1. The molecule has 1 unspecified atom stereocenters. The number of ether oxygens (including phenoxy) is 2. The summed E-state index contributed by atoms with van der Waals surface area (Å²) in [6.07, 6.45) is -0.288. The van der Waals surface area contributed by atoms with Crippen LogP contribution in [-0.4, -0.2) is 36.2 Å². The van der Waals surface area contributed by atoms with Gasteiger partial charge in [0.1, 0.15) is 19.3 Å². The average molecular weight is 266 g/mol. The summed E-state index contributed by atoms with van der Waals surface area (Å²) < 4.78 is 10.7. The van der Waals surface area contributed by atoms with E-state index in [1.165, 1.54) is 0 Å². The second kappa shape index (κ2) is 5.57. The molecule has 0 radical (unpaired) electrons. The van der Waals surface area contributed by atoms with Gasteiger partial charge in [0.15, 0.2) is 11.5 Å². The fourth-order valence-electron chi connectivity index (χ4n) is 1.62. The average Bonchev–Trinajstić information content (AvgIpc) is 2.38. The smallest absolute Gasteiger partial charge is 0.321 e. The predicted octanol–water partition coefficient (Wildman–Crippen LogP) is 0.198. The lowest BCUT2D eigenvalue weighted by atomic mass is 10.2. The number of fused-ring (bicyclic) bond motifs is 1. The summed E-state index contributed by atoms with van der Waals surface area (Å²) in [5.41, 5.74) is 5.78. The highest BCUT2D eigenvalue weighted by molar-refractivity contribution is 5.94. The van der Waals surface area contributed by atoms with Crippen LogP contribution in [0.1, 0.15) is 6.42 Å². The van der Waals surface area contributed by atoms with E-state index < -0.39 is 17.9 Å². The van der Waals surface area contributed by atoms with Crippen molar-refractivity contribution >= 4 is 17.6 Å². The minimum atomic E-state index is -1.21. The maximum absolute atomic E-state index is 11.6. The van der Waals surface area contributed by atoms with E-state index in [0.29, 0.717) is 30.4 Å². The molecule has 0 fully saturated rings. The number of anilines is 1. The second-order valence-electron chi connectivity index (χ2n) is 4.06. The fourth-order valence-corrected chi connectivity index (χ4v) is 1.62. The predicted molar refractivity (Wildman–Crippen MR) is 66.3 cm³/mol. The first kappa shape index (κ1) is 13.2. The van der Waals surface area contributed by atoms with Gasteiger partial charge < -0.3 is 25.6 Å². The van der Waals surface area contributed by atoms with Gasteiger partial charge in [-0.1, -0.05) is 0 Å². The number of benzene rings is 1. The lowest BCUT2D eigenvalue weighted by molar-refractivity contribution is -0.140. The Kier molecular flexibility index (Phi) is 3.86. The molecule has 0 aliphatic carbocycles. The molecule has 4 N–H and O–H groups in total. The Morgan fingerprint density at radius 2 is 2.00 bits per heavy atom. The number of hydrogen-bond donors (Lipinski definition) is 3. The topological polar surface area (TPSA) is 111 Å². The van der Waals surface area contributed by atoms with Gasteiger partial charge in [-0.25, -0.2) is 0 Å². The third-order valence-electron chi connectivity index (χ3n) is 2.55. The Labute approximate surface area is 109 Å². The number of rotatable bonds is 4. The van der Waals surface area contributed by atoms with Crippen molar-refractivity contribution in [3.05, 3.63) is 18.2 Å². The Hall–Kier alpha value is -2.28. The molecule has 1 aliphatic rings. The Bertz CT molecular complexity index is 503. The third kappa shape index (κ3) is 3.35. The van der Waals surface area contributed by atoms with E-state index in [4.69, 9.17) is 20.3 Å². The maximum Gasteiger partial charge on any atom is 0.321 e. The molecule has 19 heavy (non-hydrogen) atoms. The van der Waals surface area contributed by atoms with Gasteiger partial charge >= 0.3 is 5.97 Å². The van der Waals surface area contributed by atoms with Crippen LogP contribution < -0.4 is 20.5 Å². The highest BCUT2D eigenvalue weighted by atomic mass is 16.6. The minimum absolute atomic E-state index is 0.288. The highest BCUT2D eigenvalue weighted by Gasteiger charge is 2.17. The van der Waals surface area contributed by atoms with E-state index >= 15 is 0 Å². The Morgan fingerprint density at radius 1 is 1.32 bits per heavy atom. The lowest BCUT2D eigenvalue weighted by Gasteiger charge is -2.19. The number of hydrogen-bond acceptors (Lipinski definition) is 5. The van der Waals surface area contributed by atoms with Gasteiger partial charge in [0, 0.05) is 11.8 Å². The van der Waals surface area contributed by atoms with E-state index in [9.17, 15) is 9.59 Å². The van der Waals surface area contributed by atoms with Gasteiger partial charge in [0.2, 0.25) is 5.91 Å². The normalized spacial score (nSPS) is 14.6. The van der Waals surface area contributed by atoms with Gasteiger partial charge in [-0.05, 0) is 12.1 Å². The lowest BCUT2D eigenvalue weighted by Crippen LogP contribution is -2.34. The first-order chi connectivity index (χ1) is 9.06. The molecule has 0 spiro atoms. The summed E-state index contributed by atoms with van der Waals surface area (Å²) in [6.45, 7) is 0.945. The first-order valence-electron chi connectivity index (χ1n) is 5.74. The summed E-state index contributed by atoms with van der Waals surface area (Å²) >= 11 is 0. The molecule has 1 aliphatic heterocycles. The molecule has 0 bridgehead atoms. The van der Waals surface area contributed by atoms with Gasteiger partial charge in [-0.15, -0.1) is 0 Å². The van der Waals surface area contributed by atoms with Crippen molar-refractivity contribution in [2.45, 2.75) is 12.5 Å². The maximum atomic E-state index is 11.6. The van der Waals surface area contributed by atoms with Crippen LogP contribution in [0.25, 0.3) is 0 Å². The molecule has 1 aromatic rings. The first-order valence-corrected chi connectivity index (χ1v) is 5.74. The molecule has 0 aromatic heterocycles. The van der Waals surface area contributed by atoms with Crippen LogP contribution in [0.5, 0.6) is 11.5 Å². The highest BCUT2D eigenvalue weighted by Crippen LogP contribution is 2.32. The number of nitrogens with one attached hydrogen (secondary N) is 1. The molecule has 1 atom stereocenters. The van der Waals surface area contributed by atoms with E-state index in [1.807, 2.05) is 0 Å². The molecule has 102 valence electrons. The fraction of sp³-hybridized carbons (Fsp3) is 0.333. The number of carbonyl (C=O) groups excluding carboxylic acids is 1. The Balaban J connectivity index is 1.99. The van der Waals surface area contributed by atoms with E-state index in [-0.39, 0.29) is 6.42 Å². The van der Waals surface area contributed by atoms with Crippen LogP contribution in [0.15, 0.2) is 18.2 Å². The number of carboxylic acid groups (broad SMARTS) is 1. The standard InChI is InChI=1S/C12H14N2O5/c13-8(12(16)17)6-11(15)14-7-1-2-9-10(5-7)19-4-3-18-9/h1-2,5,8H,3-4,6,13H2,(H,14,15)(H,16,17). The van der Waals surface area contributed by atoms with Crippen molar-refractivity contribution in [3.63, 3.8) is 0 Å². The van der Waals surface area contributed by atoms with Crippen molar-refractivity contribution in [1.29, 1.82) is 0 Å². The van der Waals surface area contributed by atoms with Crippen LogP contribution in [-0.2, 0) is 9.59 Å². The van der Waals surface area contributed by atoms with Crippen LogP contribution in [0.4, 0.5) is 5.69 Å². The zero-order valence-electron chi connectivity index (χ0n) is 10.1. The van der Waals surface area contributed by atoms with Crippen LogP contribution in [0.2, 0.25) is 0 Å². The van der Waals surface area contributed by atoms with Crippen molar-refractivity contribution in [3.8, 4) is 11.5 Å². The minimum Gasteiger partial charge on any atom is -0.486 e. The zero-order chi connectivity index (χ0) is 13.8. The molecule has 1 heterocycles. The van der Waals surface area contributed by atoms with Gasteiger partial charge in [-0.3, -0.25) is 9.59 Å². The number of carbonyl (C=O) groups is 2. The zero-order valence-corrected chi connectivity index (χ0v) is 10.1. The van der Waals surface area contributed by atoms with Crippen molar-refractivity contribution in [2.24, 2.45) is 5.73 Å². The summed E-state index contributed by atoms with van der Waals surface area (Å²) in [5.74, 6) is -0.512. The largest absolute Gasteiger partial charge is 0.486 e. The number of carboxylic acids is 1. The van der Waals surface area contributed by atoms with Crippen LogP contribution >= 0.6 is 0 Å². The molecule has 0 saturated heterocycles. The summed E-state index contributed by atoms with van der Waals surface area (Å²) in [4.78, 5) is 22.1. The molecule has 1 amide bonds. The second-order valence-corrected chi connectivity index (χ2v) is 4.06. The molecular weight excluding hydrogens is 252 g/mol. The third-order valence-corrected chi connectivity index (χ3v) is 2.55. The monoisotopic (exact) mass is 266 g/mol. The molecule has 1 aromatic carbocycles. The van der Waals surface area contributed by atoms with Gasteiger partial charge in [-0.2, -0.15) is 0 Å². The SMILES string of the molecule is NC(CC(=O)Nc1ccc2c(c1)OCCO2)C(=O)O. The van der Waals surface area contributed by atoms with Gasteiger partial charge in [0.05, 0.1) is 6.42 Å². The number of amides is 1. The van der Waals surface area contributed by atoms with E-state index in [2.05, 4.69) is 5.32 Å². The molecule has 7 nitrogen and oxygen atoms in total. The molecular formula is C12H14N2O5.